The smallest absolute Gasteiger partial charge is 0.231 e. The van der Waals surface area contributed by atoms with Crippen LogP contribution in [0.25, 0.3) is 6.08 Å². The van der Waals surface area contributed by atoms with E-state index in [4.69, 9.17) is 18.9 Å². The van der Waals surface area contributed by atoms with Gasteiger partial charge in [-0.25, -0.2) is 0 Å². The number of methoxy groups -OCH3 is 2. The summed E-state index contributed by atoms with van der Waals surface area (Å²) in [5.74, 6) is 2.61. The maximum absolute atomic E-state index is 12.7. The fourth-order valence-corrected chi connectivity index (χ4v) is 3.65. The summed E-state index contributed by atoms with van der Waals surface area (Å²) >= 11 is 0. The van der Waals surface area contributed by atoms with Crippen LogP contribution in [0.1, 0.15) is 28.8 Å². The van der Waals surface area contributed by atoms with Crippen LogP contribution in [-0.4, -0.2) is 51.1 Å². The van der Waals surface area contributed by atoms with E-state index in [9.17, 15) is 4.79 Å². The number of rotatable bonds is 7. The molecule has 0 aliphatic carbocycles. The number of allylic oxidation sites excluding steroid dienone is 1. The number of carbonyl (C=O) groups excluding carboxylic acids is 1. The van der Waals surface area contributed by atoms with Crippen LogP contribution in [0.15, 0.2) is 42.2 Å². The van der Waals surface area contributed by atoms with Gasteiger partial charge in [0.05, 0.1) is 19.8 Å². The average Bonchev–Trinajstić information content (AvgIpc) is 3.36. The highest BCUT2D eigenvalue weighted by atomic mass is 16.5. The van der Waals surface area contributed by atoms with E-state index in [2.05, 4.69) is 4.90 Å². The molecular weight excluding hydrogens is 370 g/mol. The van der Waals surface area contributed by atoms with E-state index in [0.717, 1.165) is 25.2 Å². The van der Waals surface area contributed by atoms with Gasteiger partial charge in [0.2, 0.25) is 5.78 Å². The van der Waals surface area contributed by atoms with Gasteiger partial charge in [-0.2, -0.15) is 0 Å². The van der Waals surface area contributed by atoms with E-state index < -0.39 is 0 Å². The molecule has 0 bridgehead atoms. The summed E-state index contributed by atoms with van der Waals surface area (Å²) in [6.45, 7) is 3.84. The third kappa shape index (κ3) is 4.22. The predicted molar refractivity (Wildman–Crippen MR) is 110 cm³/mol. The number of benzene rings is 2. The molecular formula is C23H25NO5. The van der Waals surface area contributed by atoms with Crippen molar-refractivity contribution in [2.24, 2.45) is 0 Å². The van der Waals surface area contributed by atoms with Crippen molar-refractivity contribution in [1.29, 1.82) is 0 Å². The van der Waals surface area contributed by atoms with Crippen molar-refractivity contribution >= 4 is 11.9 Å². The highest BCUT2D eigenvalue weighted by Crippen LogP contribution is 2.36. The molecule has 0 atom stereocenters. The highest BCUT2D eigenvalue weighted by Gasteiger charge is 2.28. The largest absolute Gasteiger partial charge is 0.493 e. The zero-order valence-corrected chi connectivity index (χ0v) is 16.8. The lowest BCUT2D eigenvalue weighted by Gasteiger charge is -2.15. The SMILES string of the molecule is COc1ccc(/C=C2\Oc3cc(OCCN4CCCC4)ccc3C2=O)cc1OC. The first-order chi connectivity index (χ1) is 14.2. The van der Waals surface area contributed by atoms with Crippen LogP contribution in [0.3, 0.4) is 0 Å². The molecule has 0 aromatic heterocycles. The fraction of sp³-hybridized carbons (Fsp3) is 0.348. The van der Waals surface area contributed by atoms with Crippen molar-refractivity contribution in [3.63, 3.8) is 0 Å². The van der Waals surface area contributed by atoms with E-state index in [1.807, 2.05) is 12.1 Å². The summed E-state index contributed by atoms with van der Waals surface area (Å²) in [6, 6.07) is 10.8. The van der Waals surface area contributed by atoms with Gasteiger partial charge in [-0.15, -0.1) is 0 Å². The van der Waals surface area contributed by atoms with Crippen LogP contribution in [0, 0.1) is 0 Å². The number of hydrogen-bond acceptors (Lipinski definition) is 6. The summed E-state index contributed by atoms with van der Waals surface area (Å²) in [4.78, 5) is 15.1. The van der Waals surface area contributed by atoms with Crippen molar-refractivity contribution in [3.8, 4) is 23.0 Å². The van der Waals surface area contributed by atoms with Gasteiger partial charge in [0.15, 0.2) is 17.3 Å². The number of fused-ring (bicyclic) bond motifs is 1. The van der Waals surface area contributed by atoms with Gasteiger partial charge in [-0.1, -0.05) is 6.07 Å². The lowest BCUT2D eigenvalue weighted by molar-refractivity contribution is 0.101. The number of carbonyl (C=O) groups is 1. The Hall–Kier alpha value is -2.99. The normalized spacial score (nSPS) is 17.3. The summed E-state index contributed by atoms with van der Waals surface area (Å²) in [5.41, 5.74) is 1.34. The second-order valence-electron chi connectivity index (χ2n) is 7.11. The molecule has 0 saturated carbocycles. The van der Waals surface area contributed by atoms with Crippen LogP contribution in [0.2, 0.25) is 0 Å². The van der Waals surface area contributed by atoms with Crippen LogP contribution >= 0.6 is 0 Å². The van der Waals surface area contributed by atoms with E-state index >= 15 is 0 Å². The second-order valence-corrected chi connectivity index (χ2v) is 7.11. The molecule has 2 aromatic carbocycles. The molecule has 2 heterocycles. The maximum Gasteiger partial charge on any atom is 0.231 e. The molecule has 2 aliphatic heterocycles. The molecule has 0 unspecified atom stereocenters. The summed E-state index contributed by atoms with van der Waals surface area (Å²) in [7, 11) is 3.16. The van der Waals surface area contributed by atoms with Crippen molar-refractivity contribution in [2.75, 3.05) is 40.5 Å². The van der Waals surface area contributed by atoms with Gasteiger partial charge >= 0.3 is 0 Å². The van der Waals surface area contributed by atoms with Gasteiger partial charge in [-0.05, 0) is 61.8 Å². The van der Waals surface area contributed by atoms with Crippen molar-refractivity contribution < 1.29 is 23.7 Å². The Bertz CT molecular complexity index is 931. The van der Waals surface area contributed by atoms with Crippen LogP contribution in [0.4, 0.5) is 0 Å². The molecule has 0 N–H and O–H groups in total. The Morgan fingerprint density at radius 2 is 1.83 bits per heavy atom. The monoisotopic (exact) mass is 395 g/mol. The Morgan fingerprint density at radius 1 is 1.03 bits per heavy atom. The first kappa shape index (κ1) is 19.3. The molecule has 1 fully saturated rings. The Balaban J connectivity index is 1.45. The fourth-order valence-electron chi connectivity index (χ4n) is 3.65. The summed E-state index contributed by atoms with van der Waals surface area (Å²) < 4.78 is 22.2. The van der Waals surface area contributed by atoms with Gasteiger partial charge in [0.1, 0.15) is 18.1 Å². The van der Waals surface area contributed by atoms with Crippen LogP contribution < -0.4 is 18.9 Å². The number of hydrogen-bond donors (Lipinski definition) is 0. The molecule has 6 heteroatoms. The minimum Gasteiger partial charge on any atom is -0.493 e. The number of Topliss-reactive ketones (excluding diaryl/α,β-unsaturated/α-hetero) is 1. The molecule has 2 aromatic rings. The minimum atomic E-state index is -0.140. The molecule has 1 saturated heterocycles. The van der Waals surface area contributed by atoms with Gasteiger partial charge < -0.3 is 18.9 Å². The Morgan fingerprint density at radius 3 is 2.59 bits per heavy atom. The number of ether oxygens (including phenoxy) is 4. The topological polar surface area (TPSA) is 57.2 Å². The molecule has 4 rings (SSSR count). The Labute approximate surface area is 170 Å². The summed E-state index contributed by atoms with van der Waals surface area (Å²) in [6.07, 6.45) is 4.24. The molecule has 2 aliphatic rings. The zero-order chi connectivity index (χ0) is 20.2. The molecule has 29 heavy (non-hydrogen) atoms. The number of likely N-dealkylation sites (tertiary alicyclic amines) is 1. The molecule has 0 radical (unpaired) electrons. The van der Waals surface area contributed by atoms with Gasteiger partial charge in [0.25, 0.3) is 0 Å². The van der Waals surface area contributed by atoms with Crippen molar-refractivity contribution in [2.45, 2.75) is 12.8 Å². The lowest BCUT2D eigenvalue weighted by Crippen LogP contribution is -2.25. The lowest BCUT2D eigenvalue weighted by atomic mass is 10.1. The van der Waals surface area contributed by atoms with E-state index in [0.29, 0.717) is 35.2 Å². The van der Waals surface area contributed by atoms with Crippen molar-refractivity contribution in [3.05, 3.63) is 53.3 Å². The van der Waals surface area contributed by atoms with E-state index in [-0.39, 0.29) is 11.5 Å². The van der Waals surface area contributed by atoms with Gasteiger partial charge in [-0.3, -0.25) is 9.69 Å². The average molecular weight is 395 g/mol. The molecule has 6 nitrogen and oxygen atoms in total. The van der Waals surface area contributed by atoms with Gasteiger partial charge in [0, 0.05) is 12.6 Å². The van der Waals surface area contributed by atoms with E-state index in [1.165, 1.54) is 12.8 Å². The third-order valence-corrected chi connectivity index (χ3v) is 5.22. The molecule has 152 valence electrons. The third-order valence-electron chi connectivity index (χ3n) is 5.22. The summed E-state index contributed by atoms with van der Waals surface area (Å²) in [5, 5.41) is 0. The molecule has 0 amide bonds. The van der Waals surface area contributed by atoms with Crippen molar-refractivity contribution in [1.82, 2.24) is 4.90 Å². The van der Waals surface area contributed by atoms with E-state index in [1.54, 1.807) is 44.6 Å². The zero-order valence-electron chi connectivity index (χ0n) is 16.8. The highest BCUT2D eigenvalue weighted by molar-refractivity contribution is 6.14. The predicted octanol–water partition coefficient (Wildman–Crippen LogP) is 3.79. The quantitative estimate of drug-likeness (QED) is 0.665. The number of nitrogens with zero attached hydrogens (tertiary/aromatic N) is 1. The number of ketones is 1. The first-order valence-electron chi connectivity index (χ1n) is 9.83. The second kappa shape index (κ2) is 8.57. The molecule has 0 spiro atoms. The minimum absolute atomic E-state index is 0.140. The first-order valence-corrected chi connectivity index (χ1v) is 9.83. The van der Waals surface area contributed by atoms with Crippen LogP contribution in [-0.2, 0) is 0 Å². The maximum atomic E-state index is 12.7. The Kier molecular flexibility index (Phi) is 5.71. The standard InChI is InChI=1S/C23H25NO5/c1-26-19-8-5-16(13-21(19)27-2)14-22-23(25)18-7-6-17(15-20(18)29-22)28-12-11-24-9-3-4-10-24/h5-8,13-15H,3-4,9-12H2,1-2H3/b22-14-. The van der Waals surface area contributed by atoms with Crippen LogP contribution in [0.5, 0.6) is 23.0 Å².